The number of hydrazine groups is 1. The topological polar surface area (TPSA) is 46.3 Å². The second-order valence-electron chi connectivity index (χ2n) is 3.59. The molecule has 10 heavy (non-hydrogen) atoms. The van der Waals surface area contributed by atoms with Crippen molar-refractivity contribution in [3.05, 3.63) is 0 Å². The van der Waals surface area contributed by atoms with Crippen molar-refractivity contribution in [3.8, 4) is 0 Å². The van der Waals surface area contributed by atoms with Gasteiger partial charge in [0.2, 0.25) is 6.41 Å². The van der Waals surface area contributed by atoms with E-state index >= 15 is 0 Å². The zero-order chi connectivity index (χ0) is 8.36. The van der Waals surface area contributed by atoms with E-state index in [2.05, 4.69) is 0 Å². The molecule has 60 valence electrons. The van der Waals surface area contributed by atoms with Crippen LogP contribution in [-0.2, 0) is 4.79 Å². The van der Waals surface area contributed by atoms with Gasteiger partial charge in [0.25, 0.3) is 0 Å². The molecule has 0 aromatic heterocycles. The van der Waals surface area contributed by atoms with Gasteiger partial charge in [-0.05, 0) is 12.3 Å². The van der Waals surface area contributed by atoms with Crippen molar-refractivity contribution in [3.63, 3.8) is 0 Å². The van der Waals surface area contributed by atoms with Crippen LogP contribution in [0.25, 0.3) is 0 Å². The molecule has 0 saturated carbocycles. The van der Waals surface area contributed by atoms with Crippen LogP contribution in [0.1, 0.15) is 27.7 Å². The monoisotopic (exact) mass is 144 g/mol. The average Bonchev–Trinajstić information content (AvgIpc) is 1.83. The normalized spacial score (nSPS) is 14.5. The Morgan fingerprint density at radius 2 is 1.90 bits per heavy atom. The zero-order valence-electron chi connectivity index (χ0n) is 7.09. The van der Waals surface area contributed by atoms with Crippen LogP contribution in [0.3, 0.4) is 0 Å². The van der Waals surface area contributed by atoms with E-state index in [0.717, 1.165) is 0 Å². The van der Waals surface area contributed by atoms with Crippen molar-refractivity contribution in [1.29, 1.82) is 0 Å². The van der Waals surface area contributed by atoms with Gasteiger partial charge in [0.05, 0.1) is 0 Å². The van der Waals surface area contributed by atoms with Crippen molar-refractivity contribution < 1.29 is 4.79 Å². The highest BCUT2D eigenvalue weighted by molar-refractivity contribution is 5.46. The first-order valence-electron chi connectivity index (χ1n) is 3.38. The summed E-state index contributed by atoms with van der Waals surface area (Å²) >= 11 is 0. The summed E-state index contributed by atoms with van der Waals surface area (Å²) in [6.45, 7) is 8.05. The summed E-state index contributed by atoms with van der Waals surface area (Å²) < 4.78 is 0. The van der Waals surface area contributed by atoms with Gasteiger partial charge >= 0.3 is 0 Å². The Hall–Kier alpha value is -0.570. The molecule has 1 atom stereocenters. The molecule has 0 aromatic rings. The lowest BCUT2D eigenvalue weighted by Crippen LogP contribution is -2.45. The number of hydrogen-bond acceptors (Lipinski definition) is 2. The highest BCUT2D eigenvalue weighted by Crippen LogP contribution is 2.20. The summed E-state index contributed by atoms with van der Waals surface area (Å²) in [5, 5.41) is 1.19. The van der Waals surface area contributed by atoms with Gasteiger partial charge in [-0.15, -0.1) is 0 Å². The number of hydrogen-bond donors (Lipinski definition) is 1. The standard InChI is InChI=1S/C7H16N2O/c1-6(7(2,3)4)9(8)5-10/h5-6H,8H2,1-4H3. The van der Waals surface area contributed by atoms with Crippen LogP contribution in [0.2, 0.25) is 0 Å². The minimum atomic E-state index is 0.0513. The van der Waals surface area contributed by atoms with Gasteiger partial charge in [-0.1, -0.05) is 20.8 Å². The predicted octanol–water partition coefficient (Wildman–Crippen LogP) is 0.753. The predicted molar refractivity (Wildman–Crippen MR) is 41.0 cm³/mol. The summed E-state index contributed by atoms with van der Waals surface area (Å²) in [5.41, 5.74) is 0.0513. The minimum Gasteiger partial charge on any atom is -0.280 e. The van der Waals surface area contributed by atoms with E-state index in [1.807, 2.05) is 27.7 Å². The summed E-state index contributed by atoms with van der Waals surface area (Å²) in [7, 11) is 0. The number of rotatable bonds is 2. The van der Waals surface area contributed by atoms with Crippen molar-refractivity contribution >= 4 is 6.41 Å². The van der Waals surface area contributed by atoms with Crippen LogP contribution >= 0.6 is 0 Å². The first-order chi connectivity index (χ1) is 4.39. The number of carbonyl (C=O) groups excluding carboxylic acids is 1. The van der Waals surface area contributed by atoms with Gasteiger partial charge in [0.15, 0.2) is 0 Å². The third kappa shape index (κ3) is 2.35. The van der Waals surface area contributed by atoms with E-state index in [0.29, 0.717) is 6.41 Å². The summed E-state index contributed by atoms with van der Waals surface area (Å²) in [4.78, 5) is 10.2. The fourth-order valence-electron chi connectivity index (χ4n) is 0.539. The van der Waals surface area contributed by atoms with Gasteiger partial charge in [-0.2, -0.15) is 0 Å². The number of nitrogens with two attached hydrogens (primary N) is 1. The minimum absolute atomic E-state index is 0.0513. The molecular weight excluding hydrogens is 128 g/mol. The van der Waals surface area contributed by atoms with E-state index in [4.69, 9.17) is 5.84 Å². The van der Waals surface area contributed by atoms with Crippen molar-refractivity contribution in [2.75, 3.05) is 0 Å². The molecule has 0 aromatic carbocycles. The van der Waals surface area contributed by atoms with Crippen LogP contribution in [0, 0.1) is 5.41 Å². The number of amides is 1. The third-order valence-electron chi connectivity index (χ3n) is 1.82. The Morgan fingerprint density at radius 1 is 1.50 bits per heavy atom. The molecule has 1 amide bonds. The first-order valence-corrected chi connectivity index (χ1v) is 3.38. The summed E-state index contributed by atoms with van der Waals surface area (Å²) in [6, 6.07) is 0.0741. The van der Waals surface area contributed by atoms with Crippen LogP contribution in [-0.4, -0.2) is 17.5 Å². The third-order valence-corrected chi connectivity index (χ3v) is 1.82. The summed E-state index contributed by atoms with van der Waals surface area (Å²) in [5.74, 6) is 5.37. The molecule has 1 unspecified atom stereocenters. The van der Waals surface area contributed by atoms with Gasteiger partial charge in [-0.3, -0.25) is 9.80 Å². The number of nitrogens with zero attached hydrogens (tertiary/aromatic N) is 1. The Labute approximate surface area is 62.2 Å². The molecule has 0 aliphatic heterocycles. The van der Waals surface area contributed by atoms with Crippen molar-refractivity contribution in [2.24, 2.45) is 11.3 Å². The lowest BCUT2D eigenvalue weighted by atomic mass is 9.88. The molecule has 2 N–H and O–H groups in total. The molecule has 0 saturated heterocycles. The fraction of sp³-hybridized carbons (Fsp3) is 0.857. The van der Waals surface area contributed by atoms with Crippen LogP contribution in [0.5, 0.6) is 0 Å². The Kier molecular flexibility index (Phi) is 2.84. The zero-order valence-corrected chi connectivity index (χ0v) is 7.09. The fourth-order valence-corrected chi connectivity index (χ4v) is 0.539. The lowest BCUT2D eigenvalue weighted by molar-refractivity contribution is -0.122. The molecular formula is C7H16N2O. The van der Waals surface area contributed by atoms with E-state index in [9.17, 15) is 4.79 Å². The van der Waals surface area contributed by atoms with Gasteiger partial charge in [0.1, 0.15) is 0 Å². The lowest BCUT2D eigenvalue weighted by Gasteiger charge is -2.31. The smallest absolute Gasteiger partial charge is 0.223 e. The molecule has 3 nitrogen and oxygen atoms in total. The molecule has 0 aliphatic rings. The van der Waals surface area contributed by atoms with E-state index in [-0.39, 0.29) is 11.5 Å². The quantitative estimate of drug-likeness (QED) is 0.269. The SMILES string of the molecule is CC(N(N)C=O)C(C)(C)C. The average molecular weight is 144 g/mol. The maximum absolute atomic E-state index is 10.2. The molecule has 0 rings (SSSR count). The second-order valence-corrected chi connectivity index (χ2v) is 3.59. The van der Waals surface area contributed by atoms with E-state index in [1.165, 1.54) is 5.01 Å². The molecule has 0 spiro atoms. The Morgan fingerprint density at radius 3 is 2.00 bits per heavy atom. The highest BCUT2D eigenvalue weighted by atomic mass is 16.1. The van der Waals surface area contributed by atoms with Crippen molar-refractivity contribution in [1.82, 2.24) is 5.01 Å². The molecule has 3 heteroatoms. The molecule has 0 heterocycles. The number of carbonyl (C=O) groups is 1. The largest absolute Gasteiger partial charge is 0.280 e. The van der Waals surface area contributed by atoms with Gasteiger partial charge in [-0.25, -0.2) is 5.84 Å². The molecule has 0 fully saturated rings. The maximum Gasteiger partial charge on any atom is 0.223 e. The van der Waals surface area contributed by atoms with Gasteiger partial charge in [0, 0.05) is 6.04 Å². The van der Waals surface area contributed by atoms with Crippen LogP contribution < -0.4 is 5.84 Å². The Balaban J connectivity index is 4.07. The second kappa shape index (κ2) is 3.01. The highest BCUT2D eigenvalue weighted by Gasteiger charge is 2.23. The van der Waals surface area contributed by atoms with E-state index in [1.54, 1.807) is 0 Å². The maximum atomic E-state index is 10.2. The van der Waals surface area contributed by atoms with Crippen molar-refractivity contribution in [2.45, 2.75) is 33.7 Å². The Bertz CT molecular complexity index is 117. The molecule has 0 aliphatic carbocycles. The first kappa shape index (κ1) is 9.43. The van der Waals surface area contributed by atoms with Gasteiger partial charge < -0.3 is 0 Å². The van der Waals surface area contributed by atoms with Crippen LogP contribution in [0.4, 0.5) is 0 Å². The van der Waals surface area contributed by atoms with E-state index < -0.39 is 0 Å². The molecule has 0 radical (unpaired) electrons. The summed E-state index contributed by atoms with van der Waals surface area (Å²) in [6.07, 6.45) is 0.649. The van der Waals surface area contributed by atoms with Crippen LogP contribution in [0.15, 0.2) is 0 Å². The molecule has 0 bridgehead atoms.